The molecule has 6 heteroatoms. The Hall–Kier alpha value is -3.41. The van der Waals surface area contributed by atoms with Crippen molar-refractivity contribution < 1.29 is 9.53 Å². The molecule has 0 unspecified atom stereocenters. The Kier molecular flexibility index (Phi) is 4.89. The first-order valence-electron chi connectivity index (χ1n) is 7.73. The Morgan fingerprint density at radius 3 is 2.24 bits per heavy atom. The number of para-hydroxylation sites is 1. The fourth-order valence-corrected chi connectivity index (χ4v) is 2.27. The van der Waals surface area contributed by atoms with Gasteiger partial charge in [0.2, 0.25) is 5.95 Å². The molecule has 0 saturated carbocycles. The topological polar surface area (TPSA) is 67.3 Å². The SMILES string of the molecule is COc1ccc(Nc2ncc(C(=O)N(C)c3ccccc3)cn2)cc1. The van der Waals surface area contributed by atoms with Crippen molar-refractivity contribution in [2.24, 2.45) is 0 Å². The number of anilines is 3. The number of ether oxygens (including phenoxy) is 1. The van der Waals surface area contributed by atoms with E-state index < -0.39 is 0 Å². The van der Waals surface area contributed by atoms with Gasteiger partial charge in [0.25, 0.3) is 5.91 Å². The van der Waals surface area contributed by atoms with Crippen LogP contribution < -0.4 is 15.0 Å². The lowest BCUT2D eigenvalue weighted by atomic mass is 10.2. The first kappa shape index (κ1) is 16.4. The van der Waals surface area contributed by atoms with E-state index in [4.69, 9.17) is 4.74 Å². The molecule has 0 atom stereocenters. The molecule has 3 aromatic rings. The van der Waals surface area contributed by atoms with Crippen molar-refractivity contribution in [2.45, 2.75) is 0 Å². The summed E-state index contributed by atoms with van der Waals surface area (Å²) in [4.78, 5) is 22.5. The van der Waals surface area contributed by atoms with Crippen molar-refractivity contribution in [1.82, 2.24) is 9.97 Å². The number of carbonyl (C=O) groups excluding carboxylic acids is 1. The summed E-state index contributed by atoms with van der Waals surface area (Å²) in [5, 5.41) is 3.08. The first-order valence-corrected chi connectivity index (χ1v) is 7.73. The fourth-order valence-electron chi connectivity index (χ4n) is 2.27. The fraction of sp³-hybridized carbons (Fsp3) is 0.105. The number of nitrogens with zero attached hydrogens (tertiary/aromatic N) is 3. The Morgan fingerprint density at radius 2 is 1.64 bits per heavy atom. The third-order valence-electron chi connectivity index (χ3n) is 3.69. The zero-order valence-corrected chi connectivity index (χ0v) is 14.0. The standard InChI is InChI=1S/C19H18N4O2/c1-23(16-6-4-3-5-7-16)18(24)14-12-20-19(21-13-14)22-15-8-10-17(25-2)11-9-15/h3-13H,1-2H3,(H,20,21,22). The number of nitrogens with one attached hydrogen (secondary N) is 1. The second-order valence-corrected chi connectivity index (χ2v) is 5.35. The largest absolute Gasteiger partial charge is 0.497 e. The molecule has 1 aromatic heterocycles. The lowest BCUT2D eigenvalue weighted by Gasteiger charge is -2.17. The molecule has 1 amide bonds. The average molecular weight is 334 g/mol. The second kappa shape index (κ2) is 7.44. The molecule has 0 aliphatic heterocycles. The molecule has 0 saturated heterocycles. The van der Waals surface area contributed by atoms with Gasteiger partial charge in [-0.1, -0.05) is 18.2 Å². The molecule has 0 aliphatic rings. The van der Waals surface area contributed by atoms with E-state index in [0.29, 0.717) is 11.5 Å². The van der Waals surface area contributed by atoms with E-state index in [1.807, 2.05) is 54.6 Å². The quantitative estimate of drug-likeness (QED) is 0.773. The summed E-state index contributed by atoms with van der Waals surface area (Å²) in [6, 6.07) is 16.8. The highest BCUT2D eigenvalue weighted by Gasteiger charge is 2.14. The van der Waals surface area contributed by atoms with Gasteiger partial charge in [-0.3, -0.25) is 4.79 Å². The van der Waals surface area contributed by atoms with E-state index in [9.17, 15) is 4.79 Å². The van der Waals surface area contributed by atoms with E-state index in [2.05, 4.69) is 15.3 Å². The molecular weight excluding hydrogens is 316 g/mol. The Labute approximate surface area is 146 Å². The highest BCUT2D eigenvalue weighted by Crippen LogP contribution is 2.18. The molecule has 3 rings (SSSR count). The molecular formula is C19H18N4O2. The normalized spacial score (nSPS) is 10.2. The molecule has 0 aliphatic carbocycles. The van der Waals surface area contributed by atoms with Crippen LogP contribution in [0.2, 0.25) is 0 Å². The van der Waals surface area contributed by atoms with Gasteiger partial charge >= 0.3 is 0 Å². The van der Waals surface area contributed by atoms with Crippen LogP contribution in [0, 0.1) is 0 Å². The third kappa shape index (κ3) is 3.92. The molecule has 1 heterocycles. The lowest BCUT2D eigenvalue weighted by Crippen LogP contribution is -2.26. The number of amides is 1. The van der Waals surface area contributed by atoms with Crippen LogP contribution in [0.3, 0.4) is 0 Å². The van der Waals surface area contributed by atoms with Gasteiger partial charge in [-0.15, -0.1) is 0 Å². The monoisotopic (exact) mass is 334 g/mol. The van der Waals surface area contributed by atoms with Crippen molar-refractivity contribution >= 4 is 23.2 Å². The number of carbonyl (C=O) groups is 1. The maximum absolute atomic E-state index is 12.5. The molecule has 1 N–H and O–H groups in total. The average Bonchev–Trinajstić information content (AvgIpc) is 2.69. The first-order chi connectivity index (χ1) is 12.2. The molecule has 0 fully saturated rings. The van der Waals surface area contributed by atoms with Gasteiger partial charge in [-0.05, 0) is 36.4 Å². The maximum atomic E-state index is 12.5. The summed E-state index contributed by atoms with van der Waals surface area (Å²) in [5.74, 6) is 1.03. The summed E-state index contributed by atoms with van der Waals surface area (Å²) in [7, 11) is 3.34. The molecule has 25 heavy (non-hydrogen) atoms. The number of benzene rings is 2. The molecule has 0 bridgehead atoms. The Bertz CT molecular complexity index is 834. The van der Waals surface area contributed by atoms with Gasteiger partial charge < -0.3 is 15.0 Å². The van der Waals surface area contributed by atoms with Gasteiger partial charge in [0.15, 0.2) is 0 Å². The number of methoxy groups -OCH3 is 1. The van der Waals surface area contributed by atoms with Crippen molar-refractivity contribution in [3.63, 3.8) is 0 Å². The number of hydrogen-bond donors (Lipinski definition) is 1. The van der Waals surface area contributed by atoms with Gasteiger partial charge in [0.1, 0.15) is 5.75 Å². The maximum Gasteiger partial charge on any atom is 0.261 e. The second-order valence-electron chi connectivity index (χ2n) is 5.35. The zero-order chi connectivity index (χ0) is 17.6. The molecule has 126 valence electrons. The molecule has 2 aromatic carbocycles. The van der Waals surface area contributed by atoms with Crippen LogP contribution in [0.1, 0.15) is 10.4 Å². The van der Waals surface area contributed by atoms with Crippen LogP contribution in [0.15, 0.2) is 67.0 Å². The summed E-state index contributed by atoms with van der Waals surface area (Å²) in [6.07, 6.45) is 3.03. The van der Waals surface area contributed by atoms with E-state index in [1.54, 1.807) is 19.1 Å². The van der Waals surface area contributed by atoms with Crippen molar-refractivity contribution in [1.29, 1.82) is 0 Å². The van der Waals surface area contributed by atoms with Crippen LogP contribution in [-0.2, 0) is 0 Å². The minimum atomic E-state index is -0.165. The number of aromatic nitrogens is 2. The van der Waals surface area contributed by atoms with Crippen LogP contribution in [0.5, 0.6) is 5.75 Å². The smallest absolute Gasteiger partial charge is 0.261 e. The van der Waals surface area contributed by atoms with Gasteiger partial charge in [0, 0.05) is 30.8 Å². The predicted molar refractivity (Wildman–Crippen MR) is 97.5 cm³/mol. The van der Waals surface area contributed by atoms with Gasteiger partial charge in [-0.25, -0.2) is 9.97 Å². The minimum absolute atomic E-state index is 0.165. The predicted octanol–water partition coefficient (Wildman–Crippen LogP) is 3.51. The van der Waals surface area contributed by atoms with Crippen molar-refractivity contribution in [3.8, 4) is 5.75 Å². The Morgan fingerprint density at radius 1 is 1.00 bits per heavy atom. The van der Waals surface area contributed by atoms with Gasteiger partial charge in [0.05, 0.1) is 12.7 Å². The van der Waals surface area contributed by atoms with Crippen LogP contribution >= 0.6 is 0 Å². The highest BCUT2D eigenvalue weighted by molar-refractivity contribution is 6.05. The molecule has 0 spiro atoms. The van der Waals surface area contributed by atoms with Gasteiger partial charge in [-0.2, -0.15) is 0 Å². The third-order valence-corrected chi connectivity index (χ3v) is 3.69. The van der Waals surface area contributed by atoms with Crippen LogP contribution in [-0.4, -0.2) is 30.0 Å². The minimum Gasteiger partial charge on any atom is -0.497 e. The number of hydrogen-bond acceptors (Lipinski definition) is 5. The zero-order valence-electron chi connectivity index (χ0n) is 14.0. The summed E-state index contributed by atoms with van der Waals surface area (Å²) < 4.78 is 5.12. The highest BCUT2D eigenvalue weighted by atomic mass is 16.5. The molecule has 0 radical (unpaired) electrons. The van der Waals surface area contributed by atoms with Crippen LogP contribution in [0.25, 0.3) is 0 Å². The van der Waals surface area contributed by atoms with E-state index in [-0.39, 0.29) is 5.91 Å². The Balaban J connectivity index is 1.70. The summed E-state index contributed by atoms with van der Waals surface area (Å²) in [5.41, 5.74) is 2.07. The summed E-state index contributed by atoms with van der Waals surface area (Å²) in [6.45, 7) is 0. The van der Waals surface area contributed by atoms with Crippen molar-refractivity contribution in [3.05, 3.63) is 72.6 Å². The van der Waals surface area contributed by atoms with Crippen molar-refractivity contribution in [2.75, 3.05) is 24.4 Å². The van der Waals surface area contributed by atoms with E-state index in [0.717, 1.165) is 17.1 Å². The molecule has 6 nitrogen and oxygen atoms in total. The number of rotatable bonds is 5. The van der Waals surface area contributed by atoms with E-state index >= 15 is 0 Å². The van der Waals surface area contributed by atoms with Crippen LogP contribution in [0.4, 0.5) is 17.3 Å². The summed E-state index contributed by atoms with van der Waals surface area (Å²) >= 11 is 0. The lowest BCUT2D eigenvalue weighted by molar-refractivity contribution is 0.0992. The van der Waals surface area contributed by atoms with E-state index in [1.165, 1.54) is 12.4 Å².